The topological polar surface area (TPSA) is 38.3 Å². The third-order valence-electron chi connectivity index (χ3n) is 3.77. The summed E-state index contributed by atoms with van der Waals surface area (Å²) in [5.74, 6) is -0.826. The molecule has 0 heterocycles. The van der Waals surface area contributed by atoms with Crippen LogP contribution in [-0.4, -0.2) is 12.3 Å². The van der Waals surface area contributed by atoms with Crippen LogP contribution in [0.1, 0.15) is 17.9 Å². The second-order valence-corrected chi connectivity index (χ2v) is 5.94. The fraction of sp³-hybridized carbons (Fsp3) is 0.235. The van der Waals surface area contributed by atoms with Crippen LogP contribution in [0.2, 0.25) is 5.02 Å². The molecule has 0 aromatic heterocycles. The number of carbonyl (C=O) groups excluding carboxylic acids is 1. The maximum absolute atomic E-state index is 12.2. The van der Waals surface area contributed by atoms with E-state index in [1.807, 2.05) is 18.2 Å². The molecule has 1 fully saturated rings. The van der Waals surface area contributed by atoms with Gasteiger partial charge in [0.2, 0.25) is 5.91 Å². The number of hydrogen-bond acceptors (Lipinski definition) is 2. The summed E-state index contributed by atoms with van der Waals surface area (Å²) in [6.07, 6.45) is -4.11. The summed E-state index contributed by atoms with van der Waals surface area (Å²) < 4.78 is 40.5. The van der Waals surface area contributed by atoms with Gasteiger partial charge in [-0.3, -0.25) is 4.79 Å². The predicted molar refractivity (Wildman–Crippen MR) is 84.1 cm³/mol. The Hall–Kier alpha value is -2.21. The lowest BCUT2D eigenvalue weighted by atomic mass is 10.1. The van der Waals surface area contributed by atoms with Gasteiger partial charge in [-0.15, -0.1) is 13.2 Å². The van der Waals surface area contributed by atoms with Crippen molar-refractivity contribution in [3.05, 3.63) is 59.1 Å². The fourth-order valence-electron chi connectivity index (χ4n) is 2.61. The van der Waals surface area contributed by atoms with Crippen LogP contribution in [0.15, 0.2) is 48.5 Å². The van der Waals surface area contributed by atoms with Crippen molar-refractivity contribution < 1.29 is 22.7 Å². The summed E-state index contributed by atoms with van der Waals surface area (Å²) in [7, 11) is 0. The first-order chi connectivity index (χ1) is 11.3. The summed E-state index contributed by atoms with van der Waals surface area (Å²) >= 11 is 6.12. The highest BCUT2D eigenvalue weighted by Crippen LogP contribution is 2.50. The highest BCUT2D eigenvalue weighted by molar-refractivity contribution is 6.31. The molecule has 2 atom stereocenters. The molecule has 2 unspecified atom stereocenters. The van der Waals surface area contributed by atoms with Crippen LogP contribution in [0.4, 0.5) is 18.9 Å². The van der Waals surface area contributed by atoms with Crippen molar-refractivity contribution in [2.24, 2.45) is 5.92 Å². The molecule has 1 amide bonds. The Morgan fingerprint density at radius 2 is 1.92 bits per heavy atom. The van der Waals surface area contributed by atoms with Gasteiger partial charge in [0, 0.05) is 22.7 Å². The molecule has 1 N–H and O–H groups in total. The largest absolute Gasteiger partial charge is 0.573 e. The van der Waals surface area contributed by atoms with Crippen LogP contribution in [0.3, 0.4) is 0 Å². The SMILES string of the molecule is O=C(Nc1cccc(OC(F)(F)F)c1)C1CC1c1ccccc1Cl. The third kappa shape index (κ3) is 4.00. The number of alkyl halides is 3. The molecule has 1 saturated carbocycles. The fourth-order valence-corrected chi connectivity index (χ4v) is 2.89. The smallest absolute Gasteiger partial charge is 0.406 e. The summed E-state index contributed by atoms with van der Waals surface area (Å²) in [6, 6.07) is 12.5. The molecule has 1 aliphatic rings. The van der Waals surface area contributed by atoms with Gasteiger partial charge in [0.05, 0.1) is 0 Å². The molecular formula is C17H13ClF3NO2. The molecule has 0 bridgehead atoms. The molecule has 0 spiro atoms. The lowest BCUT2D eigenvalue weighted by Gasteiger charge is -2.11. The van der Waals surface area contributed by atoms with E-state index in [0.29, 0.717) is 11.4 Å². The summed E-state index contributed by atoms with van der Waals surface area (Å²) in [4.78, 5) is 12.2. The van der Waals surface area contributed by atoms with Crippen LogP contribution in [0.25, 0.3) is 0 Å². The summed E-state index contributed by atoms with van der Waals surface area (Å²) in [6.45, 7) is 0. The number of hydrogen-bond donors (Lipinski definition) is 1. The van der Waals surface area contributed by atoms with Gasteiger partial charge in [0.1, 0.15) is 5.75 Å². The second kappa shape index (κ2) is 6.36. The van der Waals surface area contributed by atoms with E-state index in [0.717, 1.165) is 11.6 Å². The maximum atomic E-state index is 12.2. The zero-order valence-electron chi connectivity index (χ0n) is 12.3. The quantitative estimate of drug-likeness (QED) is 0.840. The average Bonchev–Trinajstić information content (AvgIpc) is 3.26. The normalized spacial score (nSPS) is 19.7. The minimum absolute atomic E-state index is 0.0355. The van der Waals surface area contributed by atoms with E-state index in [1.54, 1.807) is 6.07 Å². The van der Waals surface area contributed by atoms with E-state index < -0.39 is 6.36 Å². The zero-order valence-corrected chi connectivity index (χ0v) is 13.1. The second-order valence-electron chi connectivity index (χ2n) is 5.54. The number of rotatable bonds is 4. The van der Waals surface area contributed by atoms with Crippen molar-refractivity contribution in [2.45, 2.75) is 18.7 Å². The molecule has 2 aromatic carbocycles. The average molecular weight is 356 g/mol. The molecule has 1 aliphatic carbocycles. The Bertz CT molecular complexity index is 763. The molecule has 3 rings (SSSR count). The van der Waals surface area contributed by atoms with Crippen molar-refractivity contribution >= 4 is 23.2 Å². The third-order valence-corrected chi connectivity index (χ3v) is 4.11. The number of nitrogens with one attached hydrogen (secondary N) is 1. The molecule has 2 aromatic rings. The van der Waals surface area contributed by atoms with Crippen molar-refractivity contribution in [1.82, 2.24) is 0 Å². The van der Waals surface area contributed by atoms with Crippen LogP contribution in [-0.2, 0) is 4.79 Å². The van der Waals surface area contributed by atoms with E-state index in [2.05, 4.69) is 10.1 Å². The Balaban J connectivity index is 1.64. The van der Waals surface area contributed by atoms with Gasteiger partial charge < -0.3 is 10.1 Å². The number of carbonyl (C=O) groups is 1. The molecule has 24 heavy (non-hydrogen) atoms. The Labute approximate surface area is 141 Å². The zero-order chi connectivity index (χ0) is 17.3. The molecule has 0 aliphatic heterocycles. The van der Waals surface area contributed by atoms with Gasteiger partial charge in [-0.1, -0.05) is 35.9 Å². The van der Waals surface area contributed by atoms with Crippen molar-refractivity contribution in [2.75, 3.05) is 5.32 Å². The van der Waals surface area contributed by atoms with Crippen LogP contribution in [0, 0.1) is 5.92 Å². The predicted octanol–water partition coefficient (Wildman–Crippen LogP) is 4.98. The Morgan fingerprint density at radius 3 is 2.62 bits per heavy atom. The van der Waals surface area contributed by atoms with E-state index >= 15 is 0 Å². The van der Waals surface area contributed by atoms with E-state index in [1.165, 1.54) is 18.2 Å². The minimum atomic E-state index is -4.77. The Morgan fingerprint density at radius 1 is 1.17 bits per heavy atom. The van der Waals surface area contributed by atoms with Gasteiger partial charge in [-0.05, 0) is 36.1 Å². The molecule has 0 saturated heterocycles. The number of amides is 1. The monoisotopic (exact) mass is 355 g/mol. The van der Waals surface area contributed by atoms with Gasteiger partial charge in [-0.25, -0.2) is 0 Å². The summed E-state index contributed by atoms with van der Waals surface area (Å²) in [5, 5.41) is 3.23. The van der Waals surface area contributed by atoms with Gasteiger partial charge >= 0.3 is 6.36 Å². The summed E-state index contributed by atoms with van der Waals surface area (Å²) in [5.41, 5.74) is 1.17. The standard InChI is InChI=1S/C17H13ClF3NO2/c18-15-7-2-1-6-12(15)13-9-14(13)16(23)22-10-4-3-5-11(8-10)24-17(19,20)21/h1-8,13-14H,9H2,(H,22,23). The number of halogens is 4. The van der Waals surface area contributed by atoms with E-state index in [9.17, 15) is 18.0 Å². The van der Waals surface area contributed by atoms with Gasteiger partial charge in [-0.2, -0.15) is 0 Å². The molecule has 126 valence electrons. The maximum Gasteiger partial charge on any atom is 0.573 e. The Kier molecular flexibility index (Phi) is 4.41. The highest BCUT2D eigenvalue weighted by atomic mass is 35.5. The van der Waals surface area contributed by atoms with Crippen molar-refractivity contribution in [3.63, 3.8) is 0 Å². The minimum Gasteiger partial charge on any atom is -0.406 e. The molecule has 3 nitrogen and oxygen atoms in total. The van der Waals surface area contributed by atoms with E-state index in [4.69, 9.17) is 11.6 Å². The van der Waals surface area contributed by atoms with Crippen LogP contribution >= 0.6 is 11.6 Å². The first kappa shape index (κ1) is 16.6. The number of anilines is 1. The number of benzene rings is 2. The molecule has 7 heteroatoms. The first-order valence-electron chi connectivity index (χ1n) is 7.24. The van der Waals surface area contributed by atoms with Crippen molar-refractivity contribution in [3.8, 4) is 5.75 Å². The highest BCUT2D eigenvalue weighted by Gasteiger charge is 2.44. The van der Waals surface area contributed by atoms with Gasteiger partial charge in [0.25, 0.3) is 0 Å². The van der Waals surface area contributed by atoms with Gasteiger partial charge in [0.15, 0.2) is 0 Å². The molecular weight excluding hydrogens is 343 g/mol. The van der Waals surface area contributed by atoms with E-state index in [-0.39, 0.29) is 29.2 Å². The van der Waals surface area contributed by atoms with Crippen LogP contribution in [0.5, 0.6) is 5.75 Å². The van der Waals surface area contributed by atoms with Crippen molar-refractivity contribution in [1.29, 1.82) is 0 Å². The lowest BCUT2D eigenvalue weighted by Crippen LogP contribution is -2.18. The number of ether oxygens (including phenoxy) is 1. The van der Waals surface area contributed by atoms with Crippen LogP contribution < -0.4 is 10.1 Å². The molecule has 0 radical (unpaired) electrons. The first-order valence-corrected chi connectivity index (χ1v) is 7.62. The lowest BCUT2D eigenvalue weighted by molar-refractivity contribution is -0.274.